The highest BCUT2D eigenvalue weighted by atomic mass is 16.2. The van der Waals surface area contributed by atoms with Gasteiger partial charge in [-0.25, -0.2) is 0 Å². The van der Waals surface area contributed by atoms with Crippen molar-refractivity contribution in [1.29, 1.82) is 5.26 Å². The number of nitrogens with zero attached hydrogens (tertiary/aromatic N) is 2. The molecule has 0 spiro atoms. The standard InChI is InChI=1S/C14H14N4O/c1-2-12(10-6-4-3-5-7-10)14(19)17-13-11(8-15)9-16-18-13/h3-7,9,12H,2H2,1H3,(H2,16,17,18,19). The van der Waals surface area contributed by atoms with Gasteiger partial charge in [-0.05, 0) is 12.0 Å². The van der Waals surface area contributed by atoms with Crippen LogP contribution in [0, 0.1) is 11.3 Å². The van der Waals surface area contributed by atoms with Gasteiger partial charge < -0.3 is 5.32 Å². The molecule has 1 unspecified atom stereocenters. The lowest BCUT2D eigenvalue weighted by atomic mass is 9.96. The molecule has 2 N–H and O–H groups in total. The Morgan fingerprint density at radius 2 is 2.21 bits per heavy atom. The molecule has 0 fully saturated rings. The first-order chi connectivity index (χ1) is 9.26. The van der Waals surface area contributed by atoms with Gasteiger partial charge in [-0.15, -0.1) is 0 Å². The topological polar surface area (TPSA) is 81.6 Å². The Morgan fingerprint density at radius 3 is 2.84 bits per heavy atom. The van der Waals surface area contributed by atoms with E-state index < -0.39 is 0 Å². The average molecular weight is 254 g/mol. The lowest BCUT2D eigenvalue weighted by Gasteiger charge is -2.14. The summed E-state index contributed by atoms with van der Waals surface area (Å²) in [4.78, 5) is 12.2. The van der Waals surface area contributed by atoms with Crippen LogP contribution >= 0.6 is 0 Å². The molecular weight excluding hydrogens is 240 g/mol. The number of rotatable bonds is 4. The van der Waals surface area contributed by atoms with Gasteiger partial charge in [0, 0.05) is 0 Å². The van der Waals surface area contributed by atoms with Gasteiger partial charge in [0.2, 0.25) is 5.91 Å². The quantitative estimate of drug-likeness (QED) is 0.879. The van der Waals surface area contributed by atoms with E-state index in [-0.39, 0.29) is 11.8 Å². The molecule has 1 heterocycles. The summed E-state index contributed by atoms with van der Waals surface area (Å²) in [5.74, 6) is -0.0348. The lowest BCUT2D eigenvalue weighted by Crippen LogP contribution is -2.21. The number of aromatic nitrogens is 2. The van der Waals surface area contributed by atoms with E-state index in [1.54, 1.807) is 0 Å². The van der Waals surface area contributed by atoms with E-state index in [1.165, 1.54) is 6.20 Å². The summed E-state index contributed by atoms with van der Waals surface area (Å²) in [5.41, 5.74) is 1.29. The summed E-state index contributed by atoms with van der Waals surface area (Å²) in [7, 11) is 0. The highest BCUT2D eigenvalue weighted by molar-refractivity contribution is 5.95. The number of H-pyrrole nitrogens is 1. The predicted octanol–water partition coefficient (Wildman–Crippen LogP) is 2.41. The maximum absolute atomic E-state index is 12.2. The molecule has 2 aromatic rings. The second-order valence-electron chi connectivity index (χ2n) is 4.13. The van der Waals surface area contributed by atoms with Crippen molar-refractivity contribution in [2.24, 2.45) is 0 Å². The number of carbonyl (C=O) groups is 1. The Morgan fingerprint density at radius 1 is 1.47 bits per heavy atom. The van der Waals surface area contributed by atoms with Crippen molar-refractivity contribution in [1.82, 2.24) is 10.2 Å². The third-order valence-electron chi connectivity index (χ3n) is 2.93. The maximum Gasteiger partial charge on any atom is 0.233 e. The van der Waals surface area contributed by atoms with Crippen LogP contribution in [0.4, 0.5) is 5.82 Å². The molecule has 0 radical (unpaired) electrons. The first-order valence-corrected chi connectivity index (χ1v) is 6.05. The Kier molecular flexibility index (Phi) is 3.94. The van der Waals surface area contributed by atoms with Gasteiger partial charge in [0.05, 0.1) is 12.1 Å². The largest absolute Gasteiger partial charge is 0.309 e. The summed E-state index contributed by atoms with van der Waals surface area (Å²) < 4.78 is 0. The molecule has 19 heavy (non-hydrogen) atoms. The zero-order chi connectivity index (χ0) is 13.7. The number of anilines is 1. The van der Waals surface area contributed by atoms with Gasteiger partial charge in [-0.3, -0.25) is 9.89 Å². The average Bonchev–Trinajstić information content (AvgIpc) is 2.88. The number of hydrogen-bond donors (Lipinski definition) is 2. The normalized spacial score (nSPS) is 11.6. The Balaban J connectivity index is 2.17. The lowest BCUT2D eigenvalue weighted by molar-refractivity contribution is -0.117. The number of aromatic amines is 1. The molecule has 1 atom stereocenters. The summed E-state index contributed by atoms with van der Waals surface area (Å²) in [6.45, 7) is 1.95. The Hall–Kier alpha value is -2.61. The number of benzene rings is 1. The molecular formula is C14H14N4O. The fourth-order valence-electron chi connectivity index (χ4n) is 1.93. The zero-order valence-electron chi connectivity index (χ0n) is 10.6. The van der Waals surface area contributed by atoms with Crippen molar-refractivity contribution in [3.8, 4) is 6.07 Å². The molecule has 0 aliphatic rings. The fraction of sp³-hybridized carbons (Fsp3) is 0.214. The maximum atomic E-state index is 12.2. The molecule has 2 rings (SSSR count). The van der Waals surface area contributed by atoms with Gasteiger partial charge >= 0.3 is 0 Å². The first kappa shape index (κ1) is 12.8. The third-order valence-corrected chi connectivity index (χ3v) is 2.93. The van der Waals surface area contributed by atoms with E-state index in [4.69, 9.17) is 5.26 Å². The highest BCUT2D eigenvalue weighted by Crippen LogP contribution is 2.21. The number of hydrogen-bond acceptors (Lipinski definition) is 3. The van der Waals surface area contributed by atoms with Crippen molar-refractivity contribution in [2.45, 2.75) is 19.3 Å². The van der Waals surface area contributed by atoms with Crippen LogP contribution in [0.2, 0.25) is 0 Å². The van der Waals surface area contributed by atoms with Crippen molar-refractivity contribution in [3.05, 3.63) is 47.7 Å². The molecule has 1 aromatic heterocycles. The van der Waals surface area contributed by atoms with E-state index >= 15 is 0 Å². The number of nitriles is 1. The Labute approximate surface area is 111 Å². The molecule has 96 valence electrons. The van der Waals surface area contributed by atoms with Crippen LogP contribution in [0.5, 0.6) is 0 Å². The molecule has 1 aromatic carbocycles. The van der Waals surface area contributed by atoms with Gasteiger partial charge in [-0.1, -0.05) is 37.3 Å². The number of amides is 1. The van der Waals surface area contributed by atoms with Gasteiger partial charge in [0.15, 0.2) is 0 Å². The van der Waals surface area contributed by atoms with Gasteiger partial charge in [0.1, 0.15) is 17.5 Å². The van der Waals surface area contributed by atoms with Gasteiger partial charge in [-0.2, -0.15) is 10.4 Å². The summed E-state index contributed by atoms with van der Waals surface area (Å²) in [6.07, 6.45) is 2.07. The van der Waals surface area contributed by atoms with E-state index in [0.29, 0.717) is 17.8 Å². The van der Waals surface area contributed by atoms with Crippen LogP contribution < -0.4 is 5.32 Å². The number of carbonyl (C=O) groups excluding carboxylic acids is 1. The molecule has 5 heteroatoms. The van der Waals surface area contributed by atoms with E-state index in [9.17, 15) is 4.79 Å². The van der Waals surface area contributed by atoms with Crippen molar-refractivity contribution in [3.63, 3.8) is 0 Å². The monoisotopic (exact) mass is 254 g/mol. The van der Waals surface area contributed by atoms with Crippen LogP contribution in [0.25, 0.3) is 0 Å². The summed E-state index contributed by atoms with van der Waals surface area (Å²) in [6, 6.07) is 11.5. The van der Waals surface area contributed by atoms with Crippen molar-refractivity contribution in [2.75, 3.05) is 5.32 Å². The molecule has 0 saturated carbocycles. The molecule has 0 bridgehead atoms. The Bertz CT molecular complexity index is 597. The van der Waals surface area contributed by atoms with E-state index in [1.807, 2.05) is 43.3 Å². The summed E-state index contributed by atoms with van der Waals surface area (Å²) in [5, 5.41) is 17.9. The predicted molar refractivity (Wildman–Crippen MR) is 71.4 cm³/mol. The van der Waals surface area contributed by atoms with Crippen LogP contribution in [0.1, 0.15) is 30.4 Å². The highest BCUT2D eigenvalue weighted by Gasteiger charge is 2.20. The third kappa shape index (κ3) is 2.80. The second-order valence-corrected chi connectivity index (χ2v) is 4.13. The van der Waals surface area contributed by atoms with Crippen LogP contribution in [-0.4, -0.2) is 16.1 Å². The fourth-order valence-corrected chi connectivity index (χ4v) is 1.93. The number of nitrogens with one attached hydrogen (secondary N) is 2. The van der Waals surface area contributed by atoms with Crippen molar-refractivity contribution < 1.29 is 4.79 Å². The summed E-state index contributed by atoms with van der Waals surface area (Å²) >= 11 is 0. The van der Waals surface area contributed by atoms with Crippen LogP contribution in [0.3, 0.4) is 0 Å². The molecule has 0 saturated heterocycles. The zero-order valence-corrected chi connectivity index (χ0v) is 10.6. The minimum Gasteiger partial charge on any atom is -0.309 e. The van der Waals surface area contributed by atoms with Crippen LogP contribution in [0.15, 0.2) is 36.5 Å². The second kappa shape index (κ2) is 5.83. The smallest absolute Gasteiger partial charge is 0.233 e. The molecule has 1 amide bonds. The minimum atomic E-state index is -0.240. The molecule has 0 aliphatic heterocycles. The molecule has 0 aliphatic carbocycles. The first-order valence-electron chi connectivity index (χ1n) is 6.05. The van der Waals surface area contributed by atoms with Crippen molar-refractivity contribution >= 4 is 11.7 Å². The SMILES string of the molecule is CCC(C(=O)Nc1[nH]ncc1C#N)c1ccccc1. The van der Waals surface area contributed by atoms with Crippen LogP contribution in [-0.2, 0) is 4.79 Å². The molecule has 5 nitrogen and oxygen atoms in total. The van der Waals surface area contributed by atoms with Gasteiger partial charge in [0.25, 0.3) is 0 Å². The minimum absolute atomic E-state index is 0.144. The van der Waals surface area contributed by atoms with E-state index in [2.05, 4.69) is 15.5 Å². The van der Waals surface area contributed by atoms with E-state index in [0.717, 1.165) is 5.56 Å².